The van der Waals surface area contributed by atoms with Crippen molar-refractivity contribution in [2.24, 2.45) is 0 Å². The van der Waals surface area contributed by atoms with Crippen LogP contribution < -0.4 is 14.8 Å². The highest BCUT2D eigenvalue weighted by Gasteiger charge is 2.27. The Morgan fingerprint density at radius 2 is 1.79 bits per heavy atom. The van der Waals surface area contributed by atoms with Crippen LogP contribution in [0.25, 0.3) is 0 Å². The number of nitrogens with one attached hydrogen (secondary N) is 1. The molecule has 1 heterocycles. The molecule has 0 unspecified atom stereocenters. The lowest BCUT2D eigenvalue weighted by molar-refractivity contribution is -0.116. The van der Waals surface area contributed by atoms with Gasteiger partial charge in [0.1, 0.15) is 9.88 Å². The van der Waals surface area contributed by atoms with E-state index in [1.807, 2.05) is 25.1 Å². The molecule has 0 saturated carbocycles. The number of carbonyl (C=O) groups excluding carboxylic acids is 3. The Hall–Kier alpha value is -3.07. The maximum atomic E-state index is 12.7. The first-order valence-electron chi connectivity index (χ1n) is 10.8. The zero-order chi connectivity index (χ0) is 24.5. The van der Waals surface area contributed by atoms with E-state index < -0.39 is 11.9 Å². The van der Waals surface area contributed by atoms with Crippen molar-refractivity contribution >= 4 is 34.2 Å². The third-order valence-electron chi connectivity index (χ3n) is 4.58. The summed E-state index contributed by atoms with van der Waals surface area (Å²) in [6, 6.07) is 5.52. The standard InChI is InChI=1S/C24H31NO7S/c1-7-30-17-11-9-16(13-18(17)29-6)10-12-19(26)25-22-20(23(27)31-8-2)15(5)21(33-22)24(28)32-14(3)4/h9,11,13-14H,7-8,10,12H2,1-6H3,(H,25,26). The first kappa shape index (κ1) is 26.2. The summed E-state index contributed by atoms with van der Waals surface area (Å²) in [5.41, 5.74) is 1.50. The van der Waals surface area contributed by atoms with Crippen LogP contribution in [0.3, 0.4) is 0 Å². The molecule has 0 aliphatic heterocycles. The number of hydrogen-bond donors (Lipinski definition) is 1. The maximum absolute atomic E-state index is 12.7. The topological polar surface area (TPSA) is 100 Å². The fourth-order valence-electron chi connectivity index (χ4n) is 3.10. The zero-order valence-electron chi connectivity index (χ0n) is 19.9. The summed E-state index contributed by atoms with van der Waals surface area (Å²) in [5, 5.41) is 3.04. The molecule has 0 radical (unpaired) electrons. The van der Waals surface area contributed by atoms with Crippen molar-refractivity contribution in [1.29, 1.82) is 0 Å². The second kappa shape index (κ2) is 12.2. The van der Waals surface area contributed by atoms with Crippen LogP contribution in [0.1, 0.15) is 65.3 Å². The number of benzene rings is 1. The predicted octanol–water partition coefficient (Wildman–Crippen LogP) is 4.78. The second-order valence-corrected chi connectivity index (χ2v) is 8.42. The van der Waals surface area contributed by atoms with Gasteiger partial charge in [-0.2, -0.15) is 0 Å². The molecule has 0 spiro atoms. The Kier molecular flexibility index (Phi) is 9.72. The number of hydrogen-bond acceptors (Lipinski definition) is 8. The molecule has 0 atom stereocenters. The molecule has 1 amide bonds. The molecule has 0 fully saturated rings. The molecule has 2 rings (SSSR count). The highest BCUT2D eigenvalue weighted by atomic mass is 32.1. The van der Waals surface area contributed by atoms with E-state index in [1.165, 1.54) is 0 Å². The molecule has 0 aliphatic rings. The van der Waals surface area contributed by atoms with Gasteiger partial charge in [0.25, 0.3) is 0 Å². The molecule has 8 nitrogen and oxygen atoms in total. The fraction of sp³-hybridized carbons (Fsp3) is 0.458. The van der Waals surface area contributed by atoms with Gasteiger partial charge < -0.3 is 24.3 Å². The molecule has 1 aromatic carbocycles. The number of esters is 2. The molecule has 2 aromatic rings. The van der Waals surface area contributed by atoms with Crippen LogP contribution in [0, 0.1) is 6.92 Å². The normalized spacial score (nSPS) is 10.6. The summed E-state index contributed by atoms with van der Waals surface area (Å²) in [6.45, 7) is 9.40. The van der Waals surface area contributed by atoms with Gasteiger partial charge in [-0.1, -0.05) is 6.07 Å². The van der Waals surface area contributed by atoms with Crippen molar-refractivity contribution in [1.82, 2.24) is 0 Å². The van der Waals surface area contributed by atoms with Crippen LogP contribution in [-0.2, 0) is 20.7 Å². The van der Waals surface area contributed by atoms with Crippen molar-refractivity contribution in [3.63, 3.8) is 0 Å². The first-order chi connectivity index (χ1) is 15.7. The fourth-order valence-corrected chi connectivity index (χ4v) is 4.20. The second-order valence-electron chi connectivity index (χ2n) is 7.40. The minimum Gasteiger partial charge on any atom is -0.493 e. The van der Waals surface area contributed by atoms with Crippen molar-refractivity contribution in [2.75, 3.05) is 25.6 Å². The average Bonchev–Trinajstić information content (AvgIpc) is 3.08. The number of rotatable bonds is 11. The SMILES string of the molecule is CCOC(=O)c1c(NC(=O)CCc2ccc(OCC)c(OC)c2)sc(C(=O)OC(C)C)c1C. The highest BCUT2D eigenvalue weighted by Crippen LogP contribution is 2.35. The summed E-state index contributed by atoms with van der Waals surface area (Å²) < 4.78 is 21.3. The maximum Gasteiger partial charge on any atom is 0.348 e. The summed E-state index contributed by atoms with van der Waals surface area (Å²) >= 11 is 1.01. The van der Waals surface area contributed by atoms with Gasteiger partial charge in [-0.25, -0.2) is 9.59 Å². The number of methoxy groups -OCH3 is 1. The molecule has 0 bridgehead atoms. The largest absolute Gasteiger partial charge is 0.493 e. The molecule has 1 N–H and O–H groups in total. The van der Waals surface area contributed by atoms with E-state index in [4.69, 9.17) is 18.9 Å². The Labute approximate surface area is 198 Å². The summed E-state index contributed by atoms with van der Waals surface area (Å²) in [4.78, 5) is 37.9. The molecule has 1 aromatic heterocycles. The van der Waals surface area contributed by atoms with E-state index in [0.29, 0.717) is 30.1 Å². The predicted molar refractivity (Wildman–Crippen MR) is 127 cm³/mol. The molecule has 0 saturated heterocycles. The van der Waals surface area contributed by atoms with Gasteiger partial charge in [0, 0.05) is 6.42 Å². The highest BCUT2D eigenvalue weighted by molar-refractivity contribution is 7.18. The third-order valence-corrected chi connectivity index (χ3v) is 5.76. The van der Waals surface area contributed by atoms with E-state index in [0.717, 1.165) is 16.9 Å². The Morgan fingerprint density at radius 1 is 1.06 bits per heavy atom. The quantitative estimate of drug-likeness (QED) is 0.465. The van der Waals surface area contributed by atoms with Gasteiger partial charge in [0.2, 0.25) is 5.91 Å². The van der Waals surface area contributed by atoms with Gasteiger partial charge in [-0.05, 0) is 64.3 Å². The van der Waals surface area contributed by atoms with E-state index in [9.17, 15) is 14.4 Å². The molecule has 33 heavy (non-hydrogen) atoms. The zero-order valence-corrected chi connectivity index (χ0v) is 20.7. The lowest BCUT2D eigenvalue weighted by Crippen LogP contribution is -2.15. The third kappa shape index (κ3) is 6.95. The molecular formula is C24H31NO7S. The van der Waals surface area contributed by atoms with E-state index >= 15 is 0 Å². The lowest BCUT2D eigenvalue weighted by Gasteiger charge is -2.11. The number of thiophene rings is 1. The Balaban J connectivity index is 2.18. The number of amides is 1. The molecular weight excluding hydrogens is 446 g/mol. The summed E-state index contributed by atoms with van der Waals surface area (Å²) in [6.07, 6.45) is 0.312. The van der Waals surface area contributed by atoms with Crippen LogP contribution >= 0.6 is 11.3 Å². The average molecular weight is 478 g/mol. The smallest absolute Gasteiger partial charge is 0.348 e. The lowest BCUT2D eigenvalue weighted by atomic mass is 10.1. The molecule has 0 aliphatic carbocycles. The van der Waals surface area contributed by atoms with Crippen LogP contribution in [0.15, 0.2) is 18.2 Å². The Bertz CT molecular complexity index is 997. The van der Waals surface area contributed by atoms with Crippen molar-refractivity contribution in [3.8, 4) is 11.5 Å². The van der Waals surface area contributed by atoms with Gasteiger partial charge >= 0.3 is 11.9 Å². The van der Waals surface area contributed by atoms with Crippen molar-refractivity contribution < 1.29 is 33.3 Å². The summed E-state index contributed by atoms with van der Waals surface area (Å²) in [7, 11) is 1.56. The van der Waals surface area contributed by atoms with Crippen LogP contribution in [-0.4, -0.2) is 44.3 Å². The monoisotopic (exact) mass is 477 g/mol. The summed E-state index contributed by atoms with van der Waals surface area (Å²) in [5.74, 6) is -0.191. The van der Waals surface area contributed by atoms with Gasteiger partial charge in [-0.15, -0.1) is 11.3 Å². The molecule has 180 valence electrons. The van der Waals surface area contributed by atoms with Gasteiger partial charge in [-0.3, -0.25) is 4.79 Å². The number of aryl methyl sites for hydroxylation is 1. The van der Waals surface area contributed by atoms with E-state index in [1.54, 1.807) is 34.8 Å². The molecule has 9 heteroatoms. The minimum absolute atomic E-state index is 0.169. The first-order valence-corrected chi connectivity index (χ1v) is 11.6. The van der Waals surface area contributed by atoms with Gasteiger partial charge in [0.05, 0.1) is 32.0 Å². The van der Waals surface area contributed by atoms with Crippen molar-refractivity contribution in [2.45, 2.75) is 53.6 Å². The minimum atomic E-state index is -0.596. The van der Waals surface area contributed by atoms with Crippen LogP contribution in [0.5, 0.6) is 11.5 Å². The number of anilines is 1. The van der Waals surface area contributed by atoms with Crippen molar-refractivity contribution in [3.05, 3.63) is 39.8 Å². The van der Waals surface area contributed by atoms with E-state index in [-0.39, 0.29) is 40.5 Å². The number of ether oxygens (including phenoxy) is 4. The number of carbonyl (C=O) groups is 3. The van der Waals surface area contributed by atoms with Gasteiger partial charge in [0.15, 0.2) is 11.5 Å². The van der Waals surface area contributed by atoms with Crippen LogP contribution in [0.4, 0.5) is 5.00 Å². The van der Waals surface area contributed by atoms with Crippen LogP contribution in [0.2, 0.25) is 0 Å². The van der Waals surface area contributed by atoms with E-state index in [2.05, 4.69) is 5.32 Å². The Morgan fingerprint density at radius 3 is 2.39 bits per heavy atom.